The molecule has 0 saturated heterocycles. The fraction of sp³-hybridized carbons (Fsp3) is 0.118. The van der Waals surface area contributed by atoms with E-state index in [2.05, 4.69) is 14.7 Å². The standard InChI is InChI=1S/C17H14ClN3O2S/c1-11-9-13(18)7-8-14(11)23-10-15(22)19-17-20-16(21-24-17)12-5-3-2-4-6-12/h2-9H,10H2,1H3,(H,19,20,21,22). The van der Waals surface area contributed by atoms with E-state index in [1.165, 1.54) is 0 Å². The molecule has 0 fully saturated rings. The van der Waals surface area contributed by atoms with Crippen molar-refractivity contribution in [3.05, 3.63) is 59.1 Å². The van der Waals surface area contributed by atoms with Crippen molar-refractivity contribution in [1.29, 1.82) is 0 Å². The molecule has 0 spiro atoms. The fourth-order valence-electron chi connectivity index (χ4n) is 2.05. The summed E-state index contributed by atoms with van der Waals surface area (Å²) in [4.78, 5) is 16.3. The monoisotopic (exact) mass is 359 g/mol. The summed E-state index contributed by atoms with van der Waals surface area (Å²) >= 11 is 7.02. The predicted molar refractivity (Wildman–Crippen MR) is 95.7 cm³/mol. The minimum absolute atomic E-state index is 0.108. The van der Waals surface area contributed by atoms with E-state index >= 15 is 0 Å². The molecule has 3 rings (SSSR count). The number of hydrogen-bond acceptors (Lipinski definition) is 5. The third-order valence-corrected chi connectivity index (χ3v) is 4.07. The number of nitrogens with one attached hydrogen (secondary N) is 1. The maximum atomic E-state index is 12.0. The van der Waals surface area contributed by atoms with E-state index in [4.69, 9.17) is 16.3 Å². The van der Waals surface area contributed by atoms with Crippen LogP contribution in [0.3, 0.4) is 0 Å². The Morgan fingerprint density at radius 2 is 2.04 bits per heavy atom. The van der Waals surface area contributed by atoms with Crippen LogP contribution < -0.4 is 10.1 Å². The Bertz CT molecular complexity index is 852. The fourth-order valence-corrected chi connectivity index (χ4v) is 2.88. The Balaban J connectivity index is 1.58. The Morgan fingerprint density at radius 3 is 2.79 bits per heavy atom. The summed E-state index contributed by atoms with van der Waals surface area (Å²) < 4.78 is 9.74. The predicted octanol–water partition coefficient (Wildman–Crippen LogP) is 4.18. The number of anilines is 1. The Morgan fingerprint density at radius 1 is 1.25 bits per heavy atom. The number of carbonyl (C=O) groups is 1. The molecule has 1 amide bonds. The van der Waals surface area contributed by atoms with Crippen LogP contribution in [0.2, 0.25) is 5.02 Å². The van der Waals surface area contributed by atoms with Crippen molar-refractivity contribution in [2.75, 3.05) is 11.9 Å². The summed E-state index contributed by atoms with van der Waals surface area (Å²) in [5.74, 6) is 0.919. The van der Waals surface area contributed by atoms with Gasteiger partial charge in [0.2, 0.25) is 5.13 Å². The van der Waals surface area contributed by atoms with Gasteiger partial charge in [-0.15, -0.1) is 0 Å². The number of ether oxygens (including phenoxy) is 1. The molecule has 0 saturated carbocycles. The van der Waals surface area contributed by atoms with Gasteiger partial charge >= 0.3 is 0 Å². The first-order valence-electron chi connectivity index (χ1n) is 7.20. The van der Waals surface area contributed by atoms with Gasteiger partial charge in [0.1, 0.15) is 5.75 Å². The number of carbonyl (C=O) groups excluding carboxylic acids is 1. The van der Waals surface area contributed by atoms with Gasteiger partial charge in [0.15, 0.2) is 12.4 Å². The van der Waals surface area contributed by atoms with Gasteiger partial charge in [-0.05, 0) is 30.7 Å². The van der Waals surface area contributed by atoms with Crippen LogP contribution in [0.1, 0.15) is 5.56 Å². The third-order valence-electron chi connectivity index (χ3n) is 3.20. The number of rotatable bonds is 5. The summed E-state index contributed by atoms with van der Waals surface area (Å²) in [7, 11) is 0. The Hall–Kier alpha value is -2.44. The topological polar surface area (TPSA) is 64.1 Å². The lowest BCUT2D eigenvalue weighted by Crippen LogP contribution is -2.20. The van der Waals surface area contributed by atoms with Gasteiger partial charge in [-0.3, -0.25) is 10.1 Å². The zero-order valence-electron chi connectivity index (χ0n) is 12.8. The van der Waals surface area contributed by atoms with Crippen molar-refractivity contribution in [2.45, 2.75) is 6.92 Å². The Kier molecular flexibility index (Phi) is 5.08. The van der Waals surface area contributed by atoms with Crippen molar-refractivity contribution < 1.29 is 9.53 Å². The minimum Gasteiger partial charge on any atom is -0.483 e. The van der Waals surface area contributed by atoms with Crippen molar-refractivity contribution >= 4 is 34.2 Å². The minimum atomic E-state index is -0.292. The molecular formula is C17H14ClN3O2S. The van der Waals surface area contributed by atoms with Gasteiger partial charge in [0, 0.05) is 22.1 Å². The molecule has 0 aliphatic carbocycles. The maximum Gasteiger partial charge on any atom is 0.264 e. The lowest BCUT2D eigenvalue weighted by atomic mass is 10.2. The SMILES string of the molecule is Cc1cc(Cl)ccc1OCC(=O)Nc1nc(-c2ccccc2)ns1. The van der Waals surface area contributed by atoms with Crippen molar-refractivity contribution in [3.63, 3.8) is 0 Å². The van der Waals surface area contributed by atoms with E-state index in [0.717, 1.165) is 22.7 Å². The van der Waals surface area contributed by atoms with Crippen LogP contribution in [0.4, 0.5) is 5.13 Å². The summed E-state index contributed by atoms with van der Waals surface area (Å²) in [6.07, 6.45) is 0. The number of benzene rings is 2. The molecule has 3 aromatic rings. The molecule has 2 aromatic carbocycles. The molecule has 24 heavy (non-hydrogen) atoms. The number of aromatic nitrogens is 2. The number of nitrogens with zero attached hydrogens (tertiary/aromatic N) is 2. The van der Waals surface area contributed by atoms with Gasteiger partial charge in [0.25, 0.3) is 5.91 Å². The molecule has 7 heteroatoms. The number of hydrogen-bond donors (Lipinski definition) is 1. The van der Waals surface area contributed by atoms with E-state index in [0.29, 0.717) is 21.7 Å². The quantitative estimate of drug-likeness (QED) is 0.742. The second kappa shape index (κ2) is 7.42. The molecule has 0 bridgehead atoms. The van der Waals surface area contributed by atoms with E-state index < -0.39 is 0 Å². The first kappa shape index (κ1) is 16.4. The molecule has 122 valence electrons. The lowest BCUT2D eigenvalue weighted by molar-refractivity contribution is -0.118. The molecule has 0 unspecified atom stereocenters. The zero-order chi connectivity index (χ0) is 16.9. The average Bonchev–Trinajstić information content (AvgIpc) is 3.03. The van der Waals surface area contributed by atoms with Crippen molar-refractivity contribution in [3.8, 4) is 17.1 Å². The van der Waals surface area contributed by atoms with Crippen LogP contribution in [0.5, 0.6) is 5.75 Å². The number of amides is 1. The van der Waals surface area contributed by atoms with Gasteiger partial charge in [-0.1, -0.05) is 41.9 Å². The van der Waals surface area contributed by atoms with Gasteiger partial charge < -0.3 is 4.74 Å². The van der Waals surface area contributed by atoms with Crippen molar-refractivity contribution in [1.82, 2.24) is 9.36 Å². The lowest BCUT2D eigenvalue weighted by Gasteiger charge is -2.08. The zero-order valence-corrected chi connectivity index (χ0v) is 14.4. The highest BCUT2D eigenvalue weighted by Crippen LogP contribution is 2.22. The van der Waals surface area contributed by atoms with Crippen LogP contribution in [-0.4, -0.2) is 21.9 Å². The summed E-state index contributed by atoms with van der Waals surface area (Å²) in [6.45, 7) is 1.76. The summed E-state index contributed by atoms with van der Waals surface area (Å²) in [5, 5.41) is 3.76. The Labute approximate surface area is 148 Å². The van der Waals surface area contributed by atoms with Crippen LogP contribution in [0, 0.1) is 6.92 Å². The van der Waals surface area contributed by atoms with Crippen LogP contribution in [0.15, 0.2) is 48.5 Å². The van der Waals surface area contributed by atoms with Crippen LogP contribution in [0.25, 0.3) is 11.4 Å². The molecule has 1 N–H and O–H groups in total. The van der Waals surface area contributed by atoms with Gasteiger partial charge in [-0.25, -0.2) is 0 Å². The maximum absolute atomic E-state index is 12.0. The average molecular weight is 360 g/mol. The largest absolute Gasteiger partial charge is 0.483 e. The highest BCUT2D eigenvalue weighted by molar-refractivity contribution is 7.10. The van der Waals surface area contributed by atoms with Gasteiger partial charge in [0.05, 0.1) is 0 Å². The number of aryl methyl sites for hydroxylation is 1. The summed E-state index contributed by atoms with van der Waals surface area (Å²) in [5.41, 5.74) is 1.78. The molecule has 1 heterocycles. The van der Waals surface area contributed by atoms with E-state index in [-0.39, 0.29) is 12.5 Å². The smallest absolute Gasteiger partial charge is 0.264 e. The molecular weight excluding hydrogens is 346 g/mol. The summed E-state index contributed by atoms with van der Waals surface area (Å²) in [6, 6.07) is 14.8. The molecule has 1 aromatic heterocycles. The second-order valence-electron chi connectivity index (χ2n) is 5.04. The van der Waals surface area contributed by atoms with Crippen LogP contribution in [-0.2, 0) is 4.79 Å². The first-order chi connectivity index (χ1) is 11.6. The van der Waals surface area contributed by atoms with E-state index in [1.54, 1.807) is 18.2 Å². The van der Waals surface area contributed by atoms with Crippen molar-refractivity contribution in [2.24, 2.45) is 0 Å². The van der Waals surface area contributed by atoms with E-state index in [9.17, 15) is 4.79 Å². The molecule has 5 nitrogen and oxygen atoms in total. The number of halogens is 1. The second-order valence-corrected chi connectivity index (χ2v) is 6.22. The molecule has 0 atom stereocenters. The normalized spacial score (nSPS) is 10.4. The highest BCUT2D eigenvalue weighted by atomic mass is 35.5. The third kappa shape index (κ3) is 4.10. The molecule has 0 aliphatic heterocycles. The highest BCUT2D eigenvalue weighted by Gasteiger charge is 2.10. The molecule has 0 aliphatic rings. The van der Waals surface area contributed by atoms with Gasteiger partial charge in [-0.2, -0.15) is 9.36 Å². The molecule has 0 radical (unpaired) electrons. The first-order valence-corrected chi connectivity index (χ1v) is 8.35. The van der Waals surface area contributed by atoms with Crippen LogP contribution >= 0.6 is 23.1 Å². The van der Waals surface area contributed by atoms with E-state index in [1.807, 2.05) is 37.3 Å².